The summed E-state index contributed by atoms with van der Waals surface area (Å²) in [4.78, 5) is 0. The Morgan fingerprint density at radius 3 is 2.24 bits per heavy atom. The van der Waals surface area contributed by atoms with Crippen molar-refractivity contribution in [3.05, 3.63) is 107 Å². The summed E-state index contributed by atoms with van der Waals surface area (Å²) in [6.45, 7) is 3.93. The van der Waals surface area contributed by atoms with Crippen molar-refractivity contribution in [2.75, 3.05) is 7.11 Å². The van der Waals surface area contributed by atoms with Gasteiger partial charge in [0.1, 0.15) is 0 Å². The summed E-state index contributed by atoms with van der Waals surface area (Å²) in [5.41, 5.74) is 5.45. The minimum atomic E-state index is -0.750. The second kappa shape index (κ2) is 11.7. The Morgan fingerprint density at radius 1 is 0.912 bits per heavy atom. The molecule has 0 bridgehead atoms. The van der Waals surface area contributed by atoms with E-state index in [0.717, 1.165) is 23.1 Å². The van der Waals surface area contributed by atoms with Crippen LogP contribution >= 0.6 is 0 Å². The average Bonchev–Trinajstić information content (AvgIpc) is 3.20. The summed E-state index contributed by atoms with van der Waals surface area (Å²) in [7, 11) is 1.70. The molecule has 5 nitrogen and oxygen atoms in total. The van der Waals surface area contributed by atoms with Gasteiger partial charge in [0, 0.05) is 19.1 Å². The fourth-order valence-electron chi connectivity index (χ4n) is 4.57. The van der Waals surface area contributed by atoms with E-state index in [1.54, 1.807) is 7.11 Å². The van der Waals surface area contributed by atoms with Crippen molar-refractivity contribution < 1.29 is 24.1 Å². The molecule has 3 aromatic rings. The molecule has 1 fully saturated rings. The lowest BCUT2D eigenvalue weighted by Gasteiger charge is -2.41. The minimum Gasteiger partial charge on any atom is -0.392 e. The molecule has 0 aromatic heterocycles. The van der Waals surface area contributed by atoms with E-state index in [9.17, 15) is 5.11 Å². The highest BCUT2D eigenvalue weighted by atomic mass is 16.7. The summed E-state index contributed by atoms with van der Waals surface area (Å²) < 4.78 is 23.5. The lowest BCUT2D eigenvalue weighted by atomic mass is 9.91. The Bertz CT molecular complexity index is 1020. The molecular weight excluding hydrogens is 428 g/mol. The first-order valence-electron chi connectivity index (χ1n) is 11.8. The quantitative estimate of drug-likeness (QED) is 0.526. The topological polar surface area (TPSA) is 57.2 Å². The molecular formula is C29H34O5. The van der Waals surface area contributed by atoms with Crippen LogP contribution in [0.4, 0.5) is 0 Å². The van der Waals surface area contributed by atoms with Crippen LogP contribution in [0.1, 0.15) is 47.6 Å². The van der Waals surface area contributed by atoms with Gasteiger partial charge in [-0.2, -0.15) is 0 Å². The number of hydrogen-bond acceptors (Lipinski definition) is 5. The van der Waals surface area contributed by atoms with Crippen molar-refractivity contribution >= 4 is 0 Å². The van der Waals surface area contributed by atoms with E-state index in [4.69, 9.17) is 18.9 Å². The van der Waals surface area contributed by atoms with E-state index < -0.39 is 5.79 Å². The average molecular weight is 463 g/mol. The van der Waals surface area contributed by atoms with Crippen LogP contribution in [0.3, 0.4) is 0 Å². The summed E-state index contributed by atoms with van der Waals surface area (Å²) in [6.07, 6.45) is 1.66. The van der Waals surface area contributed by atoms with Crippen molar-refractivity contribution in [1.82, 2.24) is 0 Å². The first kappa shape index (κ1) is 24.6. The van der Waals surface area contributed by atoms with Crippen LogP contribution in [-0.2, 0) is 51.2 Å². The largest absolute Gasteiger partial charge is 0.392 e. The van der Waals surface area contributed by atoms with Gasteiger partial charge in [-0.3, -0.25) is 0 Å². The van der Waals surface area contributed by atoms with Gasteiger partial charge in [-0.05, 0) is 41.7 Å². The van der Waals surface area contributed by atoms with Gasteiger partial charge in [0.25, 0.3) is 0 Å². The third kappa shape index (κ3) is 6.12. The summed E-state index contributed by atoms with van der Waals surface area (Å²) in [5.74, 6) is -0.750. The summed E-state index contributed by atoms with van der Waals surface area (Å²) in [6, 6.07) is 26.3. The number of benzene rings is 3. The van der Waals surface area contributed by atoms with E-state index in [0.29, 0.717) is 26.2 Å². The van der Waals surface area contributed by atoms with Gasteiger partial charge in [0.15, 0.2) is 5.79 Å². The first-order chi connectivity index (χ1) is 16.6. The van der Waals surface area contributed by atoms with Crippen molar-refractivity contribution in [3.63, 3.8) is 0 Å². The molecule has 3 atom stereocenters. The zero-order chi connectivity index (χ0) is 23.8. The lowest BCUT2D eigenvalue weighted by molar-refractivity contribution is -0.300. The molecule has 2 unspecified atom stereocenters. The van der Waals surface area contributed by atoms with Crippen LogP contribution < -0.4 is 0 Å². The predicted molar refractivity (Wildman–Crippen MR) is 131 cm³/mol. The van der Waals surface area contributed by atoms with Crippen LogP contribution in [0, 0.1) is 0 Å². The monoisotopic (exact) mass is 462 g/mol. The van der Waals surface area contributed by atoms with Crippen LogP contribution in [0.25, 0.3) is 0 Å². The highest BCUT2D eigenvalue weighted by molar-refractivity contribution is 5.38. The molecule has 1 spiro atoms. The number of ether oxygens (including phenoxy) is 4. The maximum Gasteiger partial charge on any atom is 0.198 e. The van der Waals surface area contributed by atoms with Gasteiger partial charge in [-0.1, -0.05) is 72.8 Å². The molecule has 5 heteroatoms. The molecule has 180 valence electrons. The van der Waals surface area contributed by atoms with E-state index in [-0.39, 0.29) is 18.8 Å². The maximum absolute atomic E-state index is 9.46. The van der Waals surface area contributed by atoms with E-state index in [2.05, 4.69) is 19.1 Å². The van der Waals surface area contributed by atoms with Gasteiger partial charge in [-0.15, -0.1) is 0 Å². The van der Waals surface area contributed by atoms with Gasteiger partial charge >= 0.3 is 0 Å². The number of hydrogen-bond donors (Lipinski definition) is 1. The van der Waals surface area contributed by atoms with Crippen molar-refractivity contribution in [2.24, 2.45) is 0 Å². The van der Waals surface area contributed by atoms with Crippen molar-refractivity contribution in [1.29, 1.82) is 0 Å². The molecule has 0 saturated carbocycles. The SMILES string of the molecule is CC1CC(OCc2ccccc2)C[C@@]2(OCc3ccc(CO)cc32)O1.COCc1ccccc1. The Morgan fingerprint density at radius 2 is 1.59 bits per heavy atom. The van der Waals surface area contributed by atoms with Gasteiger partial charge in [0.05, 0.1) is 38.6 Å². The molecule has 0 radical (unpaired) electrons. The Labute approximate surface area is 202 Å². The minimum absolute atomic E-state index is 0.0207. The molecule has 0 amide bonds. The fourth-order valence-corrected chi connectivity index (χ4v) is 4.57. The molecule has 34 heavy (non-hydrogen) atoms. The molecule has 1 saturated heterocycles. The number of aliphatic hydroxyl groups excluding tert-OH is 1. The van der Waals surface area contributed by atoms with Gasteiger partial charge < -0.3 is 24.1 Å². The number of rotatable bonds is 6. The molecule has 0 aliphatic carbocycles. The van der Waals surface area contributed by atoms with Crippen LogP contribution in [0.2, 0.25) is 0 Å². The van der Waals surface area contributed by atoms with Crippen LogP contribution in [0.15, 0.2) is 78.9 Å². The van der Waals surface area contributed by atoms with Gasteiger partial charge in [0.2, 0.25) is 0 Å². The smallest absolute Gasteiger partial charge is 0.198 e. The molecule has 5 rings (SSSR count). The molecule has 3 aromatic carbocycles. The van der Waals surface area contributed by atoms with Crippen LogP contribution in [0.5, 0.6) is 0 Å². The molecule has 2 aliphatic rings. The Kier molecular flexibility index (Phi) is 8.48. The summed E-state index contributed by atoms with van der Waals surface area (Å²) >= 11 is 0. The molecule has 1 N–H and O–H groups in total. The van der Waals surface area contributed by atoms with Crippen molar-refractivity contribution in [2.45, 2.75) is 64.2 Å². The number of methoxy groups -OCH3 is 1. The molecule has 2 aliphatic heterocycles. The zero-order valence-corrected chi connectivity index (χ0v) is 20.0. The second-order valence-electron chi connectivity index (χ2n) is 8.90. The Balaban J connectivity index is 0.000000257. The number of aliphatic hydroxyl groups is 1. The third-order valence-electron chi connectivity index (χ3n) is 6.19. The molecule has 2 heterocycles. The van der Waals surface area contributed by atoms with Crippen molar-refractivity contribution in [3.8, 4) is 0 Å². The predicted octanol–water partition coefficient (Wildman–Crippen LogP) is 5.48. The van der Waals surface area contributed by atoms with Crippen LogP contribution in [-0.4, -0.2) is 24.4 Å². The van der Waals surface area contributed by atoms with E-state index >= 15 is 0 Å². The standard InChI is InChI=1S/C21H24O4.C8H10O/c1-15-9-19(23-13-16-5-3-2-4-6-16)11-21(25-15)20-10-17(12-22)7-8-18(20)14-24-21;1-9-7-8-5-3-2-4-6-8/h2-8,10,15,19,22H,9,11-14H2,1H3;2-6H,7H2,1H3/t15?,19?,21-;/m1./s1. The van der Waals surface area contributed by atoms with E-state index in [1.807, 2.05) is 66.7 Å². The Hall–Kier alpha value is -2.54. The highest BCUT2D eigenvalue weighted by Gasteiger charge is 2.48. The van der Waals surface area contributed by atoms with Gasteiger partial charge in [-0.25, -0.2) is 0 Å². The fraction of sp³-hybridized carbons (Fsp3) is 0.379. The van der Waals surface area contributed by atoms with E-state index in [1.165, 1.54) is 11.1 Å². The lowest BCUT2D eigenvalue weighted by Crippen LogP contribution is -2.43. The normalized spacial score (nSPS) is 23.3. The second-order valence-corrected chi connectivity index (χ2v) is 8.90. The zero-order valence-electron chi connectivity index (χ0n) is 20.0. The third-order valence-corrected chi connectivity index (χ3v) is 6.19. The number of fused-ring (bicyclic) bond motifs is 2. The maximum atomic E-state index is 9.46. The highest BCUT2D eigenvalue weighted by Crippen LogP contribution is 2.46. The summed E-state index contributed by atoms with van der Waals surface area (Å²) in [5, 5.41) is 9.46. The first-order valence-corrected chi connectivity index (χ1v) is 11.8.